The highest BCUT2D eigenvalue weighted by molar-refractivity contribution is 5.82. The molecule has 0 saturated heterocycles. The number of hydrogen-bond donors (Lipinski definition) is 1. The van der Waals surface area contributed by atoms with Gasteiger partial charge < -0.3 is 5.11 Å². The van der Waals surface area contributed by atoms with Crippen molar-refractivity contribution in [1.29, 1.82) is 5.26 Å². The van der Waals surface area contributed by atoms with Crippen LogP contribution in [0.4, 0.5) is 0 Å². The quantitative estimate of drug-likeness (QED) is 0.759. The minimum absolute atomic E-state index is 0.0922. The van der Waals surface area contributed by atoms with Crippen molar-refractivity contribution in [3.05, 3.63) is 29.6 Å². The van der Waals surface area contributed by atoms with E-state index in [2.05, 4.69) is 24.2 Å². The lowest BCUT2D eigenvalue weighted by atomic mass is 9.51. The third-order valence-corrected chi connectivity index (χ3v) is 9.19. The minimum Gasteiger partial charge on any atom is -0.390 e. The zero-order valence-electron chi connectivity index (χ0n) is 18.2. The van der Waals surface area contributed by atoms with Gasteiger partial charge in [-0.25, -0.2) is 0 Å². The van der Waals surface area contributed by atoms with Crippen LogP contribution >= 0.6 is 0 Å². The van der Waals surface area contributed by atoms with Crippen LogP contribution in [-0.2, 0) is 11.3 Å². The highest BCUT2D eigenvalue weighted by atomic mass is 16.3. The van der Waals surface area contributed by atoms with Crippen molar-refractivity contribution < 1.29 is 9.90 Å². The van der Waals surface area contributed by atoms with Crippen molar-refractivity contribution in [3.8, 4) is 6.07 Å². The molecule has 160 valence electrons. The molecular formula is C25H33N3O2. The molecule has 1 N–H and O–H groups in total. The maximum atomic E-state index is 13.2. The van der Waals surface area contributed by atoms with Crippen molar-refractivity contribution >= 4 is 5.78 Å². The predicted octanol–water partition coefficient (Wildman–Crippen LogP) is 4.26. The Morgan fingerprint density at radius 1 is 1.27 bits per heavy atom. The molecule has 5 rings (SSSR count). The molecule has 30 heavy (non-hydrogen) atoms. The molecule has 0 aromatic carbocycles. The molecule has 5 heteroatoms. The van der Waals surface area contributed by atoms with E-state index in [-0.39, 0.29) is 23.7 Å². The minimum atomic E-state index is -0.527. The second-order valence-electron chi connectivity index (χ2n) is 10.9. The Bertz CT molecular complexity index is 923. The smallest absolute Gasteiger partial charge is 0.157 e. The standard InChI is InChI=1S/C25H33N3O2/c1-24(30)9-7-18-17(11-24)3-4-20-19(18)8-10-25(2)21(20)5-6-22(25)23(29)15-28-14-16(12-26)13-27-28/h3,13-14,18-22,30H,4-11,15H2,1-2H3/t18?,19?,20?,21?,22?,24-,25?/m1/s1. The van der Waals surface area contributed by atoms with Crippen molar-refractivity contribution in [1.82, 2.24) is 9.78 Å². The molecule has 3 fully saturated rings. The zero-order chi connectivity index (χ0) is 21.1. The first kappa shape index (κ1) is 20.0. The first-order chi connectivity index (χ1) is 14.3. The van der Waals surface area contributed by atoms with Crippen LogP contribution in [0.3, 0.4) is 0 Å². The van der Waals surface area contributed by atoms with Crippen LogP contribution < -0.4 is 0 Å². The van der Waals surface area contributed by atoms with Crippen LogP contribution in [0.1, 0.15) is 70.8 Å². The molecule has 6 unspecified atom stereocenters. The van der Waals surface area contributed by atoms with Crippen LogP contribution in [0.15, 0.2) is 24.0 Å². The van der Waals surface area contributed by atoms with Crippen molar-refractivity contribution in [2.24, 2.45) is 35.0 Å². The Labute approximate surface area is 179 Å². The number of rotatable bonds is 3. The largest absolute Gasteiger partial charge is 0.390 e. The Morgan fingerprint density at radius 2 is 2.10 bits per heavy atom. The average Bonchev–Trinajstić information content (AvgIpc) is 3.30. The molecule has 0 spiro atoms. The van der Waals surface area contributed by atoms with E-state index in [1.165, 1.54) is 18.2 Å². The molecule has 5 nitrogen and oxygen atoms in total. The number of nitriles is 1. The summed E-state index contributed by atoms with van der Waals surface area (Å²) in [5.74, 6) is 3.09. The number of Topliss-reactive ketones (excluding diaryl/α,β-unsaturated/α-hetero) is 1. The molecule has 0 amide bonds. The summed E-state index contributed by atoms with van der Waals surface area (Å²) in [6, 6.07) is 2.09. The fraction of sp³-hybridized carbons (Fsp3) is 0.720. The fourth-order valence-corrected chi connectivity index (χ4v) is 7.77. The van der Waals surface area contributed by atoms with E-state index in [0.29, 0.717) is 23.3 Å². The Kier molecular flexibility index (Phi) is 4.70. The highest BCUT2D eigenvalue weighted by Gasteiger charge is 2.57. The van der Waals surface area contributed by atoms with Gasteiger partial charge in [-0.3, -0.25) is 9.48 Å². The Hall–Kier alpha value is -1.93. The molecule has 0 radical (unpaired) electrons. The number of aromatic nitrogens is 2. The van der Waals surface area contributed by atoms with Gasteiger partial charge >= 0.3 is 0 Å². The van der Waals surface area contributed by atoms with Crippen molar-refractivity contribution in [2.75, 3.05) is 0 Å². The lowest BCUT2D eigenvalue weighted by molar-refractivity contribution is -0.129. The van der Waals surface area contributed by atoms with E-state index >= 15 is 0 Å². The number of carbonyl (C=O) groups is 1. The summed E-state index contributed by atoms with van der Waals surface area (Å²) in [5.41, 5.74) is 1.58. The topological polar surface area (TPSA) is 78.9 Å². The SMILES string of the molecule is CC12CCC3C4CC[C@@](C)(O)CC4=CCC3C1CCC2C(=O)Cn1cc(C#N)cn1. The lowest BCUT2D eigenvalue weighted by Crippen LogP contribution is -2.48. The van der Waals surface area contributed by atoms with Gasteiger partial charge in [0.15, 0.2) is 5.78 Å². The third kappa shape index (κ3) is 3.15. The number of fused-ring (bicyclic) bond motifs is 5. The predicted molar refractivity (Wildman–Crippen MR) is 113 cm³/mol. The van der Waals surface area contributed by atoms with Gasteiger partial charge in [0, 0.05) is 12.1 Å². The van der Waals surface area contributed by atoms with E-state index in [0.717, 1.165) is 50.9 Å². The monoisotopic (exact) mass is 407 g/mol. The van der Waals surface area contributed by atoms with Crippen LogP contribution in [-0.4, -0.2) is 26.3 Å². The van der Waals surface area contributed by atoms with Crippen molar-refractivity contribution in [2.45, 2.75) is 77.4 Å². The van der Waals surface area contributed by atoms with E-state index in [4.69, 9.17) is 5.26 Å². The molecule has 1 aromatic heterocycles. The van der Waals surface area contributed by atoms with E-state index < -0.39 is 5.60 Å². The average molecular weight is 408 g/mol. The molecular weight excluding hydrogens is 374 g/mol. The first-order valence-electron chi connectivity index (χ1n) is 11.7. The fourth-order valence-electron chi connectivity index (χ4n) is 7.77. The number of carbonyl (C=O) groups excluding carboxylic acids is 1. The second kappa shape index (κ2) is 7.05. The van der Waals surface area contributed by atoms with Gasteiger partial charge in [0.2, 0.25) is 0 Å². The summed E-state index contributed by atoms with van der Waals surface area (Å²) in [7, 11) is 0. The first-order valence-corrected chi connectivity index (χ1v) is 11.7. The Balaban J connectivity index is 1.33. The zero-order valence-corrected chi connectivity index (χ0v) is 18.2. The maximum Gasteiger partial charge on any atom is 0.157 e. The summed E-state index contributed by atoms with van der Waals surface area (Å²) in [5, 5.41) is 23.7. The van der Waals surface area contributed by atoms with Gasteiger partial charge in [0.05, 0.1) is 23.9 Å². The lowest BCUT2D eigenvalue weighted by Gasteiger charge is -2.54. The molecule has 1 aromatic rings. The number of nitrogens with zero attached hydrogens (tertiary/aromatic N) is 3. The van der Waals surface area contributed by atoms with E-state index in [9.17, 15) is 9.90 Å². The Morgan fingerprint density at radius 3 is 2.87 bits per heavy atom. The summed E-state index contributed by atoms with van der Waals surface area (Å²) in [4.78, 5) is 13.2. The molecule has 1 heterocycles. The van der Waals surface area contributed by atoms with Crippen LogP contribution in [0, 0.1) is 46.3 Å². The second-order valence-corrected chi connectivity index (χ2v) is 10.9. The molecule has 0 bridgehead atoms. The summed E-state index contributed by atoms with van der Waals surface area (Å²) >= 11 is 0. The number of aliphatic hydroxyl groups is 1. The number of ketones is 1. The third-order valence-electron chi connectivity index (χ3n) is 9.19. The van der Waals surface area contributed by atoms with Gasteiger partial charge in [0.1, 0.15) is 6.07 Å². The molecule has 0 aliphatic heterocycles. The van der Waals surface area contributed by atoms with E-state index in [1.54, 1.807) is 10.9 Å². The van der Waals surface area contributed by atoms with Crippen molar-refractivity contribution in [3.63, 3.8) is 0 Å². The summed E-state index contributed by atoms with van der Waals surface area (Å²) < 4.78 is 1.63. The normalized spacial score (nSPS) is 42.5. The molecule has 4 aliphatic carbocycles. The highest BCUT2D eigenvalue weighted by Crippen LogP contribution is 2.63. The molecule has 4 aliphatic rings. The number of allylic oxidation sites excluding steroid dienone is 1. The molecule has 7 atom stereocenters. The van der Waals surface area contributed by atoms with Gasteiger partial charge in [-0.15, -0.1) is 0 Å². The van der Waals surface area contributed by atoms with Crippen LogP contribution in [0.2, 0.25) is 0 Å². The number of hydrogen-bond acceptors (Lipinski definition) is 4. The van der Waals surface area contributed by atoms with Gasteiger partial charge in [-0.2, -0.15) is 10.4 Å². The van der Waals surface area contributed by atoms with Gasteiger partial charge in [-0.1, -0.05) is 18.6 Å². The summed E-state index contributed by atoms with van der Waals surface area (Å²) in [6.45, 7) is 4.64. The summed E-state index contributed by atoms with van der Waals surface area (Å²) in [6.07, 6.45) is 14.2. The van der Waals surface area contributed by atoms with E-state index in [1.807, 2.05) is 6.92 Å². The molecule has 3 saturated carbocycles. The van der Waals surface area contributed by atoms with Gasteiger partial charge in [-0.05, 0) is 87.4 Å². The van der Waals surface area contributed by atoms with Crippen LogP contribution in [0.25, 0.3) is 0 Å². The van der Waals surface area contributed by atoms with Crippen LogP contribution in [0.5, 0.6) is 0 Å². The maximum absolute atomic E-state index is 13.2. The van der Waals surface area contributed by atoms with Gasteiger partial charge in [0.25, 0.3) is 0 Å².